The number of carboxylic acid groups (broad SMARTS) is 1. The van der Waals surface area contributed by atoms with E-state index in [-0.39, 0.29) is 30.9 Å². The molecule has 7 nitrogen and oxygen atoms in total. The van der Waals surface area contributed by atoms with Gasteiger partial charge in [-0.15, -0.1) is 12.4 Å². The predicted molar refractivity (Wildman–Crippen MR) is 108 cm³/mol. The van der Waals surface area contributed by atoms with Gasteiger partial charge < -0.3 is 20.1 Å². The first kappa shape index (κ1) is 23.5. The topological polar surface area (TPSA) is 82.1 Å². The van der Waals surface area contributed by atoms with Crippen molar-refractivity contribution >= 4 is 41.6 Å². The lowest BCUT2D eigenvalue weighted by Gasteiger charge is -2.36. The molecular weight excluding hydrogens is 393 g/mol. The van der Waals surface area contributed by atoms with Crippen molar-refractivity contribution in [1.82, 2.24) is 9.80 Å². The fraction of sp³-hybridized carbons (Fsp3) is 0.556. The minimum atomic E-state index is -0.803. The second-order valence-corrected chi connectivity index (χ2v) is 6.96. The van der Waals surface area contributed by atoms with E-state index in [1.165, 1.54) is 0 Å². The third-order valence-corrected chi connectivity index (χ3v) is 4.89. The van der Waals surface area contributed by atoms with Gasteiger partial charge in [-0.25, -0.2) is 0 Å². The molecule has 1 fully saturated rings. The molecule has 0 aromatic heterocycles. The Morgan fingerprint density at radius 3 is 2.63 bits per heavy atom. The van der Waals surface area contributed by atoms with Gasteiger partial charge in [-0.05, 0) is 51.2 Å². The number of hydrogen-bond donors (Lipinski definition) is 2. The number of piperidine rings is 1. The van der Waals surface area contributed by atoms with Crippen LogP contribution in [0.1, 0.15) is 19.3 Å². The molecule has 0 saturated carbocycles. The molecule has 152 valence electrons. The van der Waals surface area contributed by atoms with Crippen LogP contribution in [0.25, 0.3) is 0 Å². The van der Waals surface area contributed by atoms with Gasteiger partial charge in [0.1, 0.15) is 5.75 Å². The van der Waals surface area contributed by atoms with Crippen molar-refractivity contribution in [2.75, 3.05) is 45.7 Å². The molecule has 1 amide bonds. The average Bonchev–Trinajstić information content (AvgIpc) is 2.60. The van der Waals surface area contributed by atoms with Crippen LogP contribution in [0.4, 0.5) is 5.69 Å². The molecule has 9 heteroatoms. The second-order valence-electron chi connectivity index (χ2n) is 6.52. The van der Waals surface area contributed by atoms with Crippen molar-refractivity contribution in [3.63, 3.8) is 0 Å². The predicted octanol–water partition coefficient (Wildman–Crippen LogP) is 2.58. The minimum Gasteiger partial charge on any atom is -0.495 e. The number of benzene rings is 1. The highest BCUT2D eigenvalue weighted by Crippen LogP contribution is 2.27. The molecule has 0 bridgehead atoms. The van der Waals surface area contributed by atoms with E-state index in [0.717, 1.165) is 25.9 Å². The van der Waals surface area contributed by atoms with E-state index in [0.29, 0.717) is 29.4 Å². The molecule has 0 aliphatic carbocycles. The van der Waals surface area contributed by atoms with Crippen molar-refractivity contribution in [2.24, 2.45) is 0 Å². The number of likely N-dealkylation sites (tertiary alicyclic amines) is 1. The number of nitrogens with one attached hydrogen (secondary N) is 1. The van der Waals surface area contributed by atoms with Gasteiger partial charge in [-0.1, -0.05) is 11.6 Å². The number of carbonyl (C=O) groups is 2. The molecule has 0 spiro atoms. The molecule has 0 radical (unpaired) electrons. The molecule has 0 atom stereocenters. The van der Waals surface area contributed by atoms with Crippen LogP contribution in [0.3, 0.4) is 0 Å². The van der Waals surface area contributed by atoms with E-state index < -0.39 is 5.97 Å². The number of rotatable bonds is 8. The van der Waals surface area contributed by atoms with E-state index in [9.17, 15) is 9.59 Å². The van der Waals surface area contributed by atoms with E-state index in [4.69, 9.17) is 21.4 Å². The summed E-state index contributed by atoms with van der Waals surface area (Å²) in [6, 6.07) is 5.38. The van der Waals surface area contributed by atoms with Gasteiger partial charge in [0.2, 0.25) is 5.91 Å². The zero-order chi connectivity index (χ0) is 19.1. The molecule has 2 N–H and O–H groups in total. The van der Waals surface area contributed by atoms with Crippen molar-refractivity contribution in [3.8, 4) is 5.75 Å². The third kappa shape index (κ3) is 7.54. The standard InChI is InChI=1S/C18H26ClN3O4.ClH/c1-21(12-18(24)25)14-5-8-22(9-6-14)10-7-17(23)20-15-11-13(19)3-4-16(15)26-2;/h3-4,11,14H,5-10,12H2,1-2H3,(H,20,23)(H,24,25);1H. The summed E-state index contributed by atoms with van der Waals surface area (Å²) in [5, 5.41) is 12.3. The van der Waals surface area contributed by atoms with Gasteiger partial charge >= 0.3 is 5.97 Å². The number of anilines is 1. The number of carbonyl (C=O) groups excluding carboxylic acids is 1. The van der Waals surface area contributed by atoms with E-state index in [1.54, 1.807) is 25.3 Å². The molecule has 1 aromatic rings. The first-order valence-electron chi connectivity index (χ1n) is 8.67. The number of likely N-dealkylation sites (N-methyl/N-ethyl adjacent to an activating group) is 1. The Morgan fingerprint density at radius 1 is 1.37 bits per heavy atom. The Labute approximate surface area is 171 Å². The van der Waals surface area contributed by atoms with Crippen molar-refractivity contribution in [2.45, 2.75) is 25.3 Å². The quantitative estimate of drug-likeness (QED) is 0.673. The van der Waals surface area contributed by atoms with E-state index in [1.807, 2.05) is 11.9 Å². The Kier molecular flexibility index (Phi) is 9.87. The number of hydrogen-bond acceptors (Lipinski definition) is 5. The van der Waals surface area contributed by atoms with Crippen LogP contribution >= 0.6 is 24.0 Å². The third-order valence-electron chi connectivity index (χ3n) is 4.66. The minimum absolute atomic E-state index is 0. The molecule has 2 rings (SSSR count). The maximum atomic E-state index is 12.2. The lowest BCUT2D eigenvalue weighted by Crippen LogP contribution is -2.45. The number of ether oxygens (including phenoxy) is 1. The summed E-state index contributed by atoms with van der Waals surface area (Å²) in [6.45, 7) is 2.46. The Bertz CT molecular complexity index is 637. The van der Waals surface area contributed by atoms with E-state index in [2.05, 4.69) is 10.2 Å². The SMILES string of the molecule is COc1ccc(Cl)cc1NC(=O)CCN1CCC(N(C)CC(=O)O)CC1.Cl. The largest absolute Gasteiger partial charge is 0.495 e. The Hall–Kier alpha value is -1.54. The molecule has 1 aliphatic rings. The Morgan fingerprint density at radius 2 is 2.04 bits per heavy atom. The van der Waals surface area contributed by atoms with Crippen molar-refractivity contribution in [3.05, 3.63) is 23.2 Å². The van der Waals surface area contributed by atoms with Gasteiger partial charge in [0.15, 0.2) is 0 Å². The molecular formula is C18H27Cl2N3O4. The number of amides is 1. The molecule has 1 heterocycles. The highest BCUT2D eigenvalue weighted by Gasteiger charge is 2.23. The summed E-state index contributed by atoms with van der Waals surface area (Å²) < 4.78 is 5.23. The second kappa shape index (κ2) is 11.3. The normalized spacial score (nSPS) is 15.3. The summed E-state index contributed by atoms with van der Waals surface area (Å²) in [4.78, 5) is 27.1. The van der Waals surface area contributed by atoms with Crippen LogP contribution < -0.4 is 10.1 Å². The summed E-state index contributed by atoms with van der Waals surface area (Å²) in [5.41, 5.74) is 0.569. The zero-order valence-electron chi connectivity index (χ0n) is 15.6. The van der Waals surface area contributed by atoms with Crippen LogP contribution in [0.5, 0.6) is 5.75 Å². The molecule has 1 saturated heterocycles. The highest BCUT2D eigenvalue weighted by atomic mass is 35.5. The monoisotopic (exact) mass is 419 g/mol. The van der Waals surface area contributed by atoms with Crippen LogP contribution in [0.2, 0.25) is 5.02 Å². The van der Waals surface area contributed by atoms with Crippen molar-refractivity contribution in [1.29, 1.82) is 0 Å². The fourth-order valence-electron chi connectivity index (χ4n) is 3.18. The van der Waals surface area contributed by atoms with Gasteiger partial charge in [0.05, 0.1) is 19.3 Å². The zero-order valence-corrected chi connectivity index (χ0v) is 17.2. The fourth-order valence-corrected chi connectivity index (χ4v) is 3.35. The number of nitrogens with zero attached hydrogens (tertiary/aromatic N) is 2. The summed E-state index contributed by atoms with van der Waals surface area (Å²) >= 11 is 5.97. The van der Waals surface area contributed by atoms with Gasteiger partial charge in [0, 0.05) is 24.0 Å². The first-order chi connectivity index (χ1) is 12.4. The van der Waals surface area contributed by atoms with Crippen LogP contribution in [-0.2, 0) is 9.59 Å². The summed E-state index contributed by atoms with van der Waals surface area (Å²) in [6.07, 6.45) is 2.20. The van der Waals surface area contributed by atoms with Gasteiger partial charge in [0.25, 0.3) is 0 Å². The smallest absolute Gasteiger partial charge is 0.317 e. The molecule has 0 unspecified atom stereocenters. The maximum Gasteiger partial charge on any atom is 0.317 e. The van der Waals surface area contributed by atoms with Gasteiger partial charge in [-0.3, -0.25) is 14.5 Å². The maximum absolute atomic E-state index is 12.2. The Balaban J connectivity index is 0.00000364. The highest BCUT2D eigenvalue weighted by molar-refractivity contribution is 6.31. The summed E-state index contributed by atoms with van der Waals surface area (Å²) in [7, 11) is 3.39. The first-order valence-corrected chi connectivity index (χ1v) is 9.04. The van der Waals surface area contributed by atoms with Crippen LogP contribution in [0.15, 0.2) is 18.2 Å². The van der Waals surface area contributed by atoms with Gasteiger partial charge in [-0.2, -0.15) is 0 Å². The molecule has 1 aliphatic heterocycles. The molecule has 1 aromatic carbocycles. The lowest BCUT2D eigenvalue weighted by atomic mass is 10.0. The van der Waals surface area contributed by atoms with E-state index >= 15 is 0 Å². The molecule has 27 heavy (non-hydrogen) atoms. The summed E-state index contributed by atoms with van der Waals surface area (Å²) in [5.74, 6) is -0.316. The van der Waals surface area contributed by atoms with Crippen LogP contribution in [-0.4, -0.2) is 73.2 Å². The van der Waals surface area contributed by atoms with Crippen LogP contribution in [0, 0.1) is 0 Å². The number of halogens is 2. The van der Waals surface area contributed by atoms with Crippen molar-refractivity contribution < 1.29 is 19.4 Å². The average molecular weight is 420 g/mol. The lowest BCUT2D eigenvalue weighted by molar-refractivity contribution is -0.138. The number of methoxy groups -OCH3 is 1. The number of carboxylic acids is 1. The number of aliphatic carboxylic acids is 1.